The third-order valence-corrected chi connectivity index (χ3v) is 8.09. The third kappa shape index (κ3) is 12.2. The summed E-state index contributed by atoms with van der Waals surface area (Å²) in [6.45, 7) is 0. The van der Waals surface area contributed by atoms with Crippen molar-refractivity contribution in [3.05, 3.63) is 130 Å². The Morgan fingerprint density at radius 3 is 1.31 bits per heavy atom. The van der Waals surface area contributed by atoms with Gasteiger partial charge in [-0.25, -0.2) is 4.57 Å². The quantitative estimate of drug-likeness (QED) is 0.0750. The number of carbonyl (C=O) groups excluding carboxylic acids is 4. The number of rotatable bonds is 16. The van der Waals surface area contributed by atoms with Crippen LogP contribution in [0.25, 0.3) is 0 Å². The number of benzene rings is 4. The van der Waals surface area contributed by atoms with Crippen LogP contribution < -0.4 is 43.5 Å². The number of esters is 2. The van der Waals surface area contributed by atoms with E-state index in [1.165, 1.54) is 38.5 Å². The van der Waals surface area contributed by atoms with Crippen molar-refractivity contribution in [2.24, 2.45) is 0 Å². The molecule has 0 radical (unpaired) electrons. The molecule has 0 fully saturated rings. The summed E-state index contributed by atoms with van der Waals surface area (Å²) in [5.74, 6) is -0.853. The van der Waals surface area contributed by atoms with Crippen molar-refractivity contribution in [3.63, 3.8) is 0 Å². The van der Waals surface area contributed by atoms with Crippen LogP contribution in [0.5, 0.6) is 11.5 Å². The first-order valence-corrected chi connectivity index (χ1v) is 16.3. The van der Waals surface area contributed by atoms with Gasteiger partial charge in [0.1, 0.15) is 11.5 Å². The molecule has 0 saturated heterocycles. The van der Waals surface area contributed by atoms with E-state index >= 15 is 0 Å². The Morgan fingerprint density at radius 1 is 0.583 bits per heavy atom. The van der Waals surface area contributed by atoms with Gasteiger partial charge in [-0.2, -0.15) is 0 Å². The number of hydrogen-bond donors (Lipinski definition) is 0. The van der Waals surface area contributed by atoms with E-state index in [1.54, 1.807) is 72.8 Å². The molecule has 0 amide bonds. The molecule has 0 N–H and O–H groups in total. The number of ketones is 2. The second-order valence-electron chi connectivity index (χ2n) is 10.7. The largest absolute Gasteiger partial charge is 1.00 e. The Kier molecular flexibility index (Phi) is 14.8. The Balaban J connectivity index is 0.00000625. The van der Waals surface area contributed by atoms with E-state index in [4.69, 9.17) is 9.05 Å². The number of methoxy groups -OCH3 is 2. The zero-order chi connectivity index (χ0) is 33.8. The summed E-state index contributed by atoms with van der Waals surface area (Å²) >= 11 is 0. The molecule has 4 aromatic carbocycles. The fraction of sp³-hybridized carbons (Fsp3) is 0.222. The van der Waals surface area contributed by atoms with Gasteiger partial charge in [-0.15, -0.1) is 0 Å². The van der Waals surface area contributed by atoms with E-state index < -0.39 is 7.82 Å². The average molecular weight is 681 g/mol. The molecule has 4 aromatic rings. The van der Waals surface area contributed by atoms with Gasteiger partial charge in [0.2, 0.25) is 0 Å². The maximum atomic E-state index is 12.7. The fourth-order valence-corrected chi connectivity index (χ4v) is 5.47. The van der Waals surface area contributed by atoms with Crippen LogP contribution in [0.4, 0.5) is 0 Å². The molecule has 10 nitrogen and oxygen atoms in total. The summed E-state index contributed by atoms with van der Waals surface area (Å²) in [6.07, 6.45) is 1.30. The molecular formula is C36H34NaO10P. The SMILES string of the molecule is COC(=O)Cc1ccc(C(=O)CCc2cccc(OP(=O)([O-])Oc3cccc(CCC(=O)c4ccc(CC(=O)OC)cc4)c3)c2)cc1.[Na+]. The van der Waals surface area contributed by atoms with Crippen molar-refractivity contribution in [2.75, 3.05) is 14.2 Å². The monoisotopic (exact) mass is 680 g/mol. The minimum Gasteiger partial charge on any atom is -0.736 e. The van der Waals surface area contributed by atoms with E-state index in [9.17, 15) is 28.6 Å². The molecule has 48 heavy (non-hydrogen) atoms. The van der Waals surface area contributed by atoms with Crippen molar-refractivity contribution >= 4 is 31.3 Å². The normalized spacial score (nSPS) is 10.7. The molecule has 4 rings (SSSR count). The van der Waals surface area contributed by atoms with Crippen molar-refractivity contribution in [1.82, 2.24) is 0 Å². The summed E-state index contributed by atoms with van der Waals surface area (Å²) in [5.41, 5.74) is 3.87. The van der Waals surface area contributed by atoms with Crippen LogP contribution in [-0.2, 0) is 49.3 Å². The van der Waals surface area contributed by atoms with Gasteiger partial charge < -0.3 is 23.4 Å². The molecule has 0 spiro atoms. The van der Waals surface area contributed by atoms with Crippen LogP contribution in [0.15, 0.2) is 97.1 Å². The van der Waals surface area contributed by atoms with Crippen LogP contribution in [0.2, 0.25) is 0 Å². The molecule has 244 valence electrons. The predicted octanol–water partition coefficient (Wildman–Crippen LogP) is 2.68. The maximum absolute atomic E-state index is 12.7. The first-order chi connectivity index (χ1) is 22.5. The summed E-state index contributed by atoms with van der Waals surface area (Å²) in [5, 5.41) is 0. The molecule has 0 bridgehead atoms. The van der Waals surface area contributed by atoms with Gasteiger partial charge in [0.15, 0.2) is 11.6 Å². The number of ether oxygens (including phenoxy) is 2. The first-order valence-electron chi connectivity index (χ1n) is 14.8. The van der Waals surface area contributed by atoms with Crippen LogP contribution >= 0.6 is 7.82 Å². The Bertz CT molecular complexity index is 1640. The van der Waals surface area contributed by atoms with Crippen LogP contribution in [0, 0.1) is 0 Å². The van der Waals surface area contributed by atoms with E-state index in [0.29, 0.717) is 35.1 Å². The number of carbonyl (C=O) groups is 4. The Hall–Kier alpha value is -4.05. The molecule has 0 unspecified atom stereocenters. The number of hydrogen-bond acceptors (Lipinski definition) is 10. The Labute approximate surface area is 301 Å². The minimum atomic E-state index is -4.83. The van der Waals surface area contributed by atoms with E-state index in [0.717, 1.165) is 11.1 Å². The second kappa shape index (κ2) is 18.5. The predicted molar refractivity (Wildman–Crippen MR) is 171 cm³/mol. The van der Waals surface area contributed by atoms with Crippen LogP contribution in [0.3, 0.4) is 0 Å². The summed E-state index contributed by atoms with van der Waals surface area (Å²) < 4.78 is 32.4. The second-order valence-corrected chi connectivity index (χ2v) is 11.9. The number of aryl methyl sites for hydroxylation is 2. The fourth-order valence-electron chi connectivity index (χ4n) is 4.69. The molecule has 0 aliphatic carbocycles. The topological polar surface area (TPSA) is 145 Å². The van der Waals surface area contributed by atoms with Crippen LogP contribution in [0.1, 0.15) is 55.8 Å². The van der Waals surface area contributed by atoms with E-state index in [-0.39, 0.29) is 90.2 Å². The summed E-state index contributed by atoms with van der Waals surface area (Å²) in [6, 6.07) is 26.2. The molecule has 0 saturated carbocycles. The van der Waals surface area contributed by atoms with Crippen LogP contribution in [-0.4, -0.2) is 37.7 Å². The number of phosphoric acid groups is 1. The zero-order valence-corrected chi connectivity index (χ0v) is 29.9. The number of Topliss-reactive ketones (excluding diaryl/α,β-unsaturated/α-hetero) is 2. The van der Waals surface area contributed by atoms with Gasteiger partial charge in [-0.1, -0.05) is 72.8 Å². The van der Waals surface area contributed by atoms with Gasteiger partial charge >= 0.3 is 49.3 Å². The molecule has 12 heteroatoms. The van der Waals surface area contributed by atoms with E-state index in [2.05, 4.69) is 9.47 Å². The first kappa shape index (κ1) is 38.4. The minimum absolute atomic E-state index is 0. The Morgan fingerprint density at radius 2 is 0.958 bits per heavy atom. The number of phosphoric ester groups is 1. The molecular weight excluding hydrogens is 646 g/mol. The molecule has 0 aliphatic rings. The smallest absolute Gasteiger partial charge is 0.736 e. The molecule has 0 aromatic heterocycles. The summed E-state index contributed by atoms with van der Waals surface area (Å²) in [4.78, 5) is 61.0. The van der Waals surface area contributed by atoms with Crippen molar-refractivity contribution in [3.8, 4) is 11.5 Å². The van der Waals surface area contributed by atoms with Crippen molar-refractivity contribution in [2.45, 2.75) is 38.5 Å². The molecule has 0 aliphatic heterocycles. The molecule has 0 heterocycles. The van der Waals surface area contributed by atoms with Gasteiger partial charge in [-0.05, 0) is 59.4 Å². The standard InChI is InChI=1S/C36H35O10P.Na/c1-43-35(39)23-27-9-15-29(16-10-27)33(37)19-13-25-5-3-7-31(21-25)45-47(41,42)46-32-8-4-6-26(22-32)14-20-34(38)30-17-11-28(12-18-30)24-36(40)44-2;/h3-12,15-18,21-22H,13-14,19-20,23-24H2,1-2H3,(H,41,42);/q;+1/p-1. The van der Waals surface area contributed by atoms with Gasteiger partial charge in [-0.3, -0.25) is 19.2 Å². The summed E-state index contributed by atoms with van der Waals surface area (Å²) in [7, 11) is -2.20. The molecule has 0 atom stereocenters. The van der Waals surface area contributed by atoms with E-state index in [1.807, 2.05) is 0 Å². The van der Waals surface area contributed by atoms with Crippen molar-refractivity contribution in [1.29, 1.82) is 0 Å². The zero-order valence-electron chi connectivity index (χ0n) is 27.0. The van der Waals surface area contributed by atoms with Gasteiger partial charge in [0, 0.05) is 24.0 Å². The third-order valence-electron chi connectivity index (χ3n) is 7.22. The van der Waals surface area contributed by atoms with Crippen molar-refractivity contribution < 1.29 is 76.7 Å². The maximum Gasteiger partial charge on any atom is 1.00 e. The van der Waals surface area contributed by atoms with Gasteiger partial charge in [0.25, 0.3) is 0 Å². The average Bonchev–Trinajstić information content (AvgIpc) is 3.06. The van der Waals surface area contributed by atoms with Gasteiger partial charge in [0.05, 0.1) is 27.1 Å².